The normalized spacial score (nSPS) is 13.4. The second kappa shape index (κ2) is 11.3. The molecular weight excluding hydrogens is 705 g/mol. The van der Waals surface area contributed by atoms with Crippen LogP contribution in [0.15, 0.2) is 168 Å². The summed E-state index contributed by atoms with van der Waals surface area (Å²) >= 11 is 1.80. The minimum atomic E-state index is -0.727. The highest BCUT2D eigenvalue weighted by molar-refractivity contribution is 7.99. The molecular formula is C49H26N6S. The summed E-state index contributed by atoms with van der Waals surface area (Å²) in [5, 5.41) is 23.9. The van der Waals surface area contributed by atoms with Gasteiger partial charge in [0.1, 0.15) is 0 Å². The van der Waals surface area contributed by atoms with Gasteiger partial charge in [-0.15, -0.1) is 0 Å². The lowest BCUT2D eigenvalue weighted by atomic mass is 9.67. The molecule has 0 atom stereocenters. The second-order valence-corrected chi connectivity index (χ2v) is 15.5. The maximum atomic E-state index is 9.81. The van der Waals surface area contributed by atoms with Gasteiger partial charge in [0.05, 0.1) is 67.8 Å². The van der Waals surface area contributed by atoms with Crippen LogP contribution in [0.1, 0.15) is 33.4 Å². The molecule has 6 aromatic carbocycles. The minimum absolute atomic E-state index is 0.582. The first-order valence-electron chi connectivity index (χ1n) is 18.4. The number of hydrogen-bond donors (Lipinski definition) is 0. The number of fused-ring (bicyclic) bond motifs is 15. The first-order chi connectivity index (χ1) is 27.7. The molecule has 0 unspecified atom stereocenters. The fraction of sp³-hybridized carbons (Fsp3) is 0.0204. The fourth-order valence-corrected chi connectivity index (χ4v) is 10.8. The van der Waals surface area contributed by atoms with Crippen molar-refractivity contribution in [2.75, 3.05) is 0 Å². The molecule has 4 aromatic heterocycles. The highest BCUT2D eigenvalue weighted by atomic mass is 32.2. The van der Waals surface area contributed by atoms with Crippen LogP contribution in [-0.4, -0.2) is 19.1 Å². The molecule has 1 aliphatic carbocycles. The first kappa shape index (κ1) is 31.0. The lowest BCUT2D eigenvalue weighted by Crippen LogP contribution is -2.33. The van der Waals surface area contributed by atoms with Crippen LogP contribution < -0.4 is 0 Å². The summed E-state index contributed by atoms with van der Waals surface area (Å²) in [6, 6.07) is 55.7. The van der Waals surface area contributed by atoms with Gasteiger partial charge in [0.15, 0.2) is 0 Å². The highest BCUT2D eigenvalue weighted by Crippen LogP contribution is 2.63. The number of benzene rings is 6. The molecule has 1 spiro atoms. The van der Waals surface area contributed by atoms with Crippen molar-refractivity contribution in [3.05, 3.63) is 191 Å². The van der Waals surface area contributed by atoms with Gasteiger partial charge in [0.2, 0.25) is 0 Å². The summed E-state index contributed by atoms with van der Waals surface area (Å²) in [6.07, 6.45) is 3.74. The standard InChI is InChI=1S/C49H26N6S/c50-27-29-16-20-41-34(24-29)35-25-30(28-51)17-21-42(35)54(41)31-18-19-36-45(26-31)56-44-15-5-14-43(55-39-12-3-1-8-32(39)33-9-2-4-13-40(33)55)46(44)49(36)37-10-6-22-52-47(37)48-38(49)11-7-23-53-48/h1-26H. The number of nitriles is 2. The summed E-state index contributed by atoms with van der Waals surface area (Å²) in [5.41, 5.74) is 13.2. The molecule has 0 saturated carbocycles. The Balaban J connectivity index is 1.19. The zero-order valence-electron chi connectivity index (χ0n) is 29.6. The van der Waals surface area contributed by atoms with E-state index in [0.717, 1.165) is 71.6 Å². The van der Waals surface area contributed by atoms with E-state index in [9.17, 15) is 10.5 Å². The van der Waals surface area contributed by atoms with E-state index in [4.69, 9.17) is 9.97 Å². The van der Waals surface area contributed by atoms with Gasteiger partial charge in [-0.25, -0.2) is 0 Å². The predicted molar refractivity (Wildman–Crippen MR) is 222 cm³/mol. The number of hydrogen-bond acceptors (Lipinski definition) is 5. The second-order valence-electron chi connectivity index (χ2n) is 14.4. The molecule has 0 bridgehead atoms. The number of nitrogens with zero attached hydrogens (tertiary/aromatic N) is 6. The van der Waals surface area contributed by atoms with Crippen molar-refractivity contribution in [1.29, 1.82) is 10.5 Å². The fourth-order valence-electron chi connectivity index (χ4n) is 9.59. The molecule has 0 fully saturated rings. The summed E-state index contributed by atoms with van der Waals surface area (Å²) in [6.45, 7) is 0. The van der Waals surface area contributed by atoms with E-state index < -0.39 is 5.41 Å². The van der Waals surface area contributed by atoms with Gasteiger partial charge < -0.3 is 9.13 Å². The quantitative estimate of drug-likeness (QED) is 0.177. The largest absolute Gasteiger partial charge is 0.309 e. The van der Waals surface area contributed by atoms with Crippen LogP contribution in [0.3, 0.4) is 0 Å². The van der Waals surface area contributed by atoms with Crippen LogP contribution in [0.2, 0.25) is 0 Å². The maximum absolute atomic E-state index is 9.81. The van der Waals surface area contributed by atoms with Gasteiger partial charge in [-0.1, -0.05) is 72.4 Å². The highest BCUT2D eigenvalue weighted by Gasteiger charge is 2.53. The van der Waals surface area contributed by atoms with Crippen LogP contribution in [0, 0.1) is 22.7 Å². The van der Waals surface area contributed by atoms with Crippen LogP contribution in [0.25, 0.3) is 66.4 Å². The van der Waals surface area contributed by atoms with Crippen LogP contribution >= 0.6 is 11.8 Å². The molecule has 2 aliphatic rings. The molecule has 6 nitrogen and oxygen atoms in total. The Kier molecular flexibility index (Phi) is 6.24. The van der Waals surface area contributed by atoms with Gasteiger partial charge in [-0.05, 0) is 102 Å². The first-order valence-corrected chi connectivity index (χ1v) is 19.3. The van der Waals surface area contributed by atoms with E-state index in [0.29, 0.717) is 11.1 Å². The Morgan fingerprint density at radius 1 is 0.482 bits per heavy atom. The predicted octanol–water partition coefficient (Wildman–Crippen LogP) is 11.2. The molecule has 0 amide bonds. The lowest BCUT2D eigenvalue weighted by Gasteiger charge is -2.41. The monoisotopic (exact) mass is 730 g/mol. The van der Waals surface area contributed by atoms with Gasteiger partial charge in [-0.3, -0.25) is 9.97 Å². The average molecular weight is 731 g/mol. The van der Waals surface area contributed by atoms with E-state index in [-0.39, 0.29) is 0 Å². The third-order valence-corrected chi connectivity index (χ3v) is 12.8. The Morgan fingerprint density at radius 2 is 1.07 bits per heavy atom. The Bertz CT molecular complexity index is 3280. The van der Waals surface area contributed by atoms with Crippen LogP contribution in [0.4, 0.5) is 0 Å². The lowest BCUT2D eigenvalue weighted by molar-refractivity contribution is 0.712. The van der Waals surface area contributed by atoms with E-state index in [1.54, 1.807) is 11.8 Å². The van der Waals surface area contributed by atoms with Crippen molar-refractivity contribution in [3.63, 3.8) is 0 Å². The van der Waals surface area contributed by atoms with Crippen molar-refractivity contribution in [1.82, 2.24) is 19.1 Å². The molecule has 12 rings (SSSR count). The SMILES string of the molecule is N#Cc1ccc2c(c1)c1cc(C#N)ccc1n2-c1ccc2c(c1)Sc1cccc(-n3c4ccccc4c4ccccc43)c1C21c2cccnc2-c2ncccc21. The van der Waals surface area contributed by atoms with Gasteiger partial charge in [0.25, 0.3) is 0 Å². The molecule has 56 heavy (non-hydrogen) atoms. The molecule has 7 heteroatoms. The van der Waals surface area contributed by atoms with E-state index in [2.05, 4.69) is 118 Å². The topological polar surface area (TPSA) is 83.2 Å². The summed E-state index contributed by atoms with van der Waals surface area (Å²) < 4.78 is 4.70. The summed E-state index contributed by atoms with van der Waals surface area (Å²) in [4.78, 5) is 12.3. The number of para-hydroxylation sites is 2. The van der Waals surface area contributed by atoms with Crippen LogP contribution in [0.5, 0.6) is 0 Å². The smallest absolute Gasteiger partial charge is 0.0991 e. The third-order valence-electron chi connectivity index (χ3n) is 11.7. The van der Waals surface area contributed by atoms with Crippen LogP contribution in [-0.2, 0) is 5.41 Å². The van der Waals surface area contributed by atoms with Crippen molar-refractivity contribution in [2.24, 2.45) is 0 Å². The van der Waals surface area contributed by atoms with Crippen molar-refractivity contribution >= 4 is 55.4 Å². The van der Waals surface area contributed by atoms with Crippen molar-refractivity contribution in [3.8, 4) is 34.9 Å². The molecule has 0 saturated heterocycles. The summed E-state index contributed by atoms with van der Waals surface area (Å²) in [5.74, 6) is 0. The molecule has 10 aromatic rings. The molecule has 0 radical (unpaired) electrons. The van der Waals surface area contributed by atoms with E-state index >= 15 is 0 Å². The van der Waals surface area contributed by atoms with Crippen molar-refractivity contribution < 1.29 is 0 Å². The van der Waals surface area contributed by atoms with Gasteiger partial charge >= 0.3 is 0 Å². The molecule has 258 valence electrons. The van der Waals surface area contributed by atoms with Gasteiger partial charge in [-0.2, -0.15) is 10.5 Å². The third kappa shape index (κ3) is 3.89. The zero-order chi connectivity index (χ0) is 37.1. The Morgan fingerprint density at radius 3 is 1.68 bits per heavy atom. The Labute approximate surface area is 325 Å². The van der Waals surface area contributed by atoms with Crippen molar-refractivity contribution in [2.45, 2.75) is 15.2 Å². The molecule has 1 aliphatic heterocycles. The average Bonchev–Trinajstić information content (AvgIpc) is 3.87. The van der Waals surface area contributed by atoms with Gasteiger partial charge in [0, 0.05) is 55.0 Å². The maximum Gasteiger partial charge on any atom is 0.0991 e. The Hall–Kier alpha value is -7.45. The number of aromatic nitrogens is 4. The zero-order valence-corrected chi connectivity index (χ0v) is 30.4. The van der Waals surface area contributed by atoms with E-state index in [1.165, 1.54) is 26.8 Å². The molecule has 0 N–H and O–H groups in total. The van der Waals surface area contributed by atoms with E-state index in [1.807, 2.05) is 60.9 Å². The summed E-state index contributed by atoms with van der Waals surface area (Å²) in [7, 11) is 0. The molecule has 5 heterocycles. The number of pyridine rings is 2. The minimum Gasteiger partial charge on any atom is -0.309 e. The number of rotatable bonds is 2.